The highest BCUT2D eigenvalue weighted by molar-refractivity contribution is 6.35. The molecular formula is C24H29Cl3N2O3. The molecular weight excluding hydrogens is 471 g/mol. The number of nitrogens with zero attached hydrogens (tertiary/aromatic N) is 1. The smallest absolute Gasteiger partial charge is 0.261 e. The minimum absolute atomic E-state index is 0.147. The van der Waals surface area contributed by atoms with E-state index in [1.54, 1.807) is 36.4 Å². The highest BCUT2D eigenvalue weighted by Crippen LogP contribution is 2.25. The zero-order chi connectivity index (χ0) is 24.1. The summed E-state index contributed by atoms with van der Waals surface area (Å²) in [5.74, 6) is -0.0442. The van der Waals surface area contributed by atoms with Crippen molar-refractivity contribution in [1.82, 2.24) is 10.2 Å². The Kier molecular flexibility index (Phi) is 9.26. The molecule has 1 atom stereocenters. The number of aryl methyl sites for hydroxylation is 1. The van der Waals surface area contributed by atoms with E-state index in [-0.39, 0.29) is 25.0 Å². The molecule has 174 valence electrons. The summed E-state index contributed by atoms with van der Waals surface area (Å²) in [5.41, 5.74) is 1.10. The zero-order valence-electron chi connectivity index (χ0n) is 19.0. The number of hydrogen-bond donors (Lipinski definition) is 1. The second-order valence-corrected chi connectivity index (χ2v) is 9.87. The van der Waals surface area contributed by atoms with Gasteiger partial charge in [0.05, 0.1) is 0 Å². The van der Waals surface area contributed by atoms with Crippen LogP contribution in [0.1, 0.15) is 45.2 Å². The van der Waals surface area contributed by atoms with Crippen molar-refractivity contribution in [2.75, 3.05) is 6.61 Å². The molecule has 0 saturated carbocycles. The number of ether oxygens (including phenoxy) is 1. The molecule has 0 fully saturated rings. The summed E-state index contributed by atoms with van der Waals surface area (Å²) in [6.45, 7) is 9.32. The van der Waals surface area contributed by atoms with E-state index in [1.165, 1.54) is 4.90 Å². The van der Waals surface area contributed by atoms with Gasteiger partial charge in [0.1, 0.15) is 11.8 Å². The summed E-state index contributed by atoms with van der Waals surface area (Å²) in [6, 6.07) is 9.56. The van der Waals surface area contributed by atoms with Gasteiger partial charge in [0.15, 0.2) is 6.61 Å². The maximum Gasteiger partial charge on any atom is 0.261 e. The third kappa shape index (κ3) is 7.58. The third-order valence-electron chi connectivity index (χ3n) is 4.73. The maximum atomic E-state index is 13.2. The molecule has 0 radical (unpaired) electrons. The van der Waals surface area contributed by atoms with Gasteiger partial charge in [-0.3, -0.25) is 9.59 Å². The van der Waals surface area contributed by atoms with Crippen LogP contribution >= 0.6 is 34.8 Å². The highest BCUT2D eigenvalue weighted by atomic mass is 35.5. The van der Waals surface area contributed by atoms with E-state index in [2.05, 4.69) is 5.32 Å². The Hall–Kier alpha value is -1.95. The van der Waals surface area contributed by atoms with E-state index in [1.807, 2.05) is 34.6 Å². The van der Waals surface area contributed by atoms with E-state index < -0.39 is 11.6 Å². The Morgan fingerprint density at radius 1 is 1.06 bits per heavy atom. The van der Waals surface area contributed by atoms with Crippen LogP contribution in [0.5, 0.6) is 5.75 Å². The van der Waals surface area contributed by atoms with E-state index in [9.17, 15) is 9.59 Å². The molecule has 0 aliphatic heterocycles. The van der Waals surface area contributed by atoms with Crippen molar-refractivity contribution >= 4 is 46.6 Å². The van der Waals surface area contributed by atoms with Gasteiger partial charge in [-0.05, 0) is 75.6 Å². The van der Waals surface area contributed by atoms with Crippen LogP contribution in [-0.4, -0.2) is 34.9 Å². The molecule has 0 unspecified atom stereocenters. The van der Waals surface area contributed by atoms with Crippen LogP contribution in [0, 0.1) is 6.92 Å². The molecule has 2 rings (SSSR count). The van der Waals surface area contributed by atoms with Crippen LogP contribution in [0.4, 0.5) is 0 Å². The summed E-state index contributed by atoms with van der Waals surface area (Å²) in [6.07, 6.45) is 0.429. The first kappa shape index (κ1) is 26.3. The Labute approximate surface area is 205 Å². The Balaban J connectivity index is 2.29. The number of benzene rings is 2. The lowest BCUT2D eigenvalue weighted by molar-refractivity contribution is -0.143. The van der Waals surface area contributed by atoms with Gasteiger partial charge in [-0.1, -0.05) is 47.8 Å². The van der Waals surface area contributed by atoms with E-state index in [0.717, 1.165) is 5.56 Å². The van der Waals surface area contributed by atoms with E-state index in [0.29, 0.717) is 32.8 Å². The fourth-order valence-corrected chi connectivity index (χ4v) is 3.73. The van der Waals surface area contributed by atoms with Gasteiger partial charge in [-0.2, -0.15) is 0 Å². The highest BCUT2D eigenvalue weighted by Gasteiger charge is 2.31. The van der Waals surface area contributed by atoms with E-state index in [4.69, 9.17) is 39.5 Å². The first-order valence-corrected chi connectivity index (χ1v) is 11.5. The molecule has 0 aliphatic rings. The molecule has 0 saturated heterocycles. The molecule has 32 heavy (non-hydrogen) atoms. The fraction of sp³-hybridized carbons (Fsp3) is 0.417. The van der Waals surface area contributed by atoms with Crippen molar-refractivity contribution in [1.29, 1.82) is 0 Å². The van der Waals surface area contributed by atoms with Gasteiger partial charge >= 0.3 is 0 Å². The van der Waals surface area contributed by atoms with Crippen molar-refractivity contribution in [3.05, 3.63) is 62.6 Å². The number of rotatable bonds is 8. The monoisotopic (exact) mass is 498 g/mol. The molecule has 0 spiro atoms. The van der Waals surface area contributed by atoms with Gasteiger partial charge in [-0.15, -0.1) is 0 Å². The molecule has 0 bridgehead atoms. The van der Waals surface area contributed by atoms with Gasteiger partial charge in [0, 0.05) is 27.2 Å². The van der Waals surface area contributed by atoms with Crippen molar-refractivity contribution in [3.8, 4) is 5.75 Å². The van der Waals surface area contributed by atoms with Crippen molar-refractivity contribution in [2.24, 2.45) is 0 Å². The molecule has 5 nitrogen and oxygen atoms in total. The number of carbonyl (C=O) groups excluding carboxylic acids is 2. The van der Waals surface area contributed by atoms with Crippen LogP contribution in [-0.2, 0) is 16.1 Å². The zero-order valence-corrected chi connectivity index (χ0v) is 21.2. The van der Waals surface area contributed by atoms with Gasteiger partial charge < -0.3 is 15.0 Å². The molecule has 2 aromatic carbocycles. The Morgan fingerprint density at radius 3 is 2.31 bits per heavy atom. The molecule has 2 aromatic rings. The average molecular weight is 500 g/mol. The number of hydrogen-bond acceptors (Lipinski definition) is 3. The summed E-state index contributed by atoms with van der Waals surface area (Å²) < 4.78 is 5.71. The molecule has 0 aliphatic carbocycles. The molecule has 2 amide bonds. The minimum atomic E-state index is -0.691. The van der Waals surface area contributed by atoms with Gasteiger partial charge in [0.25, 0.3) is 5.91 Å². The summed E-state index contributed by atoms with van der Waals surface area (Å²) in [4.78, 5) is 27.8. The van der Waals surface area contributed by atoms with Crippen LogP contribution < -0.4 is 10.1 Å². The largest absolute Gasteiger partial charge is 0.484 e. The molecule has 0 heterocycles. The van der Waals surface area contributed by atoms with Crippen LogP contribution in [0.2, 0.25) is 15.1 Å². The predicted octanol–water partition coefficient (Wildman–Crippen LogP) is 6.06. The van der Waals surface area contributed by atoms with E-state index >= 15 is 0 Å². The number of nitrogens with one attached hydrogen (secondary N) is 1. The van der Waals surface area contributed by atoms with Crippen molar-refractivity contribution in [3.63, 3.8) is 0 Å². The third-order valence-corrected chi connectivity index (χ3v) is 5.74. The minimum Gasteiger partial charge on any atom is -0.484 e. The normalized spacial score (nSPS) is 12.2. The van der Waals surface area contributed by atoms with Crippen molar-refractivity contribution < 1.29 is 14.3 Å². The van der Waals surface area contributed by atoms with Gasteiger partial charge in [0.2, 0.25) is 5.91 Å². The Bertz CT molecular complexity index is 973. The number of halogens is 3. The van der Waals surface area contributed by atoms with Crippen molar-refractivity contribution in [2.45, 2.75) is 59.2 Å². The first-order valence-electron chi connectivity index (χ1n) is 10.4. The number of amides is 2. The van der Waals surface area contributed by atoms with Crippen LogP contribution in [0.25, 0.3) is 0 Å². The van der Waals surface area contributed by atoms with Crippen LogP contribution in [0.15, 0.2) is 36.4 Å². The second kappa shape index (κ2) is 11.3. The average Bonchev–Trinajstić information content (AvgIpc) is 2.68. The molecule has 8 heteroatoms. The molecule has 0 aromatic heterocycles. The van der Waals surface area contributed by atoms with Crippen LogP contribution in [0.3, 0.4) is 0 Å². The second-order valence-electron chi connectivity index (χ2n) is 8.62. The quantitative estimate of drug-likeness (QED) is 0.480. The lowest BCUT2D eigenvalue weighted by Gasteiger charge is -2.33. The topological polar surface area (TPSA) is 58.6 Å². The SMILES string of the molecule is CC[C@H](C(=O)NC(C)(C)C)N(Cc1ccc(Cl)cc1Cl)C(=O)COc1ccc(Cl)c(C)c1. The number of carbonyl (C=O) groups is 2. The molecule has 1 N–H and O–H groups in total. The summed E-state index contributed by atoms with van der Waals surface area (Å²) in [7, 11) is 0. The lowest BCUT2D eigenvalue weighted by atomic mass is 10.1. The fourth-order valence-electron chi connectivity index (χ4n) is 3.14. The summed E-state index contributed by atoms with van der Waals surface area (Å²) >= 11 is 18.4. The summed E-state index contributed by atoms with van der Waals surface area (Å²) in [5, 5.41) is 4.50. The van der Waals surface area contributed by atoms with Gasteiger partial charge in [-0.25, -0.2) is 0 Å². The standard InChI is InChI=1S/C24H29Cl3N2O3/c1-6-21(23(31)28-24(3,4)5)29(13-16-7-8-17(25)12-20(16)27)22(30)14-32-18-9-10-19(26)15(2)11-18/h7-12,21H,6,13-14H2,1-5H3,(H,28,31)/t21-/m1/s1. The lowest BCUT2D eigenvalue weighted by Crippen LogP contribution is -2.54. The predicted molar refractivity (Wildman–Crippen MR) is 131 cm³/mol. The maximum absolute atomic E-state index is 13.2. The Morgan fingerprint density at radius 2 is 1.75 bits per heavy atom. The first-order chi connectivity index (χ1) is 14.9.